The first-order chi connectivity index (χ1) is 9.24. The first-order valence-electron chi connectivity index (χ1n) is 6.93. The molecule has 0 amide bonds. The van der Waals surface area contributed by atoms with E-state index >= 15 is 0 Å². The number of nitrogens with zero attached hydrogens (tertiary/aromatic N) is 2. The molecule has 2 heterocycles. The molecule has 0 atom stereocenters. The van der Waals surface area contributed by atoms with Gasteiger partial charge in [-0.15, -0.1) is 0 Å². The first-order valence-corrected chi connectivity index (χ1v) is 6.93. The Balaban J connectivity index is 1.79. The Morgan fingerprint density at radius 2 is 2.16 bits per heavy atom. The molecule has 19 heavy (non-hydrogen) atoms. The summed E-state index contributed by atoms with van der Waals surface area (Å²) in [4.78, 5) is 15.3. The molecule has 0 aliphatic carbocycles. The van der Waals surface area contributed by atoms with E-state index in [9.17, 15) is 4.79 Å². The van der Waals surface area contributed by atoms with Gasteiger partial charge in [0, 0.05) is 19.6 Å². The summed E-state index contributed by atoms with van der Waals surface area (Å²) >= 11 is 0. The van der Waals surface area contributed by atoms with Crippen LogP contribution in [-0.4, -0.2) is 53.6 Å². The van der Waals surface area contributed by atoms with E-state index in [1.807, 2.05) is 12.1 Å². The molecule has 1 saturated heterocycles. The molecular formula is C14H22N2O3. The summed E-state index contributed by atoms with van der Waals surface area (Å²) in [6.45, 7) is 5.52. The third kappa shape index (κ3) is 5.04. The SMILES string of the molecule is O=C(O)CCN(CCN1CCCC1)Cc1ccco1. The topological polar surface area (TPSA) is 56.9 Å². The van der Waals surface area contributed by atoms with E-state index in [2.05, 4.69) is 9.80 Å². The summed E-state index contributed by atoms with van der Waals surface area (Å²) in [6, 6.07) is 3.80. The second-order valence-electron chi connectivity index (χ2n) is 5.05. The van der Waals surface area contributed by atoms with Gasteiger partial charge in [0.2, 0.25) is 0 Å². The lowest BCUT2D eigenvalue weighted by Crippen LogP contribution is -2.34. The summed E-state index contributed by atoms with van der Waals surface area (Å²) in [5.41, 5.74) is 0. The van der Waals surface area contributed by atoms with Gasteiger partial charge in [-0.25, -0.2) is 0 Å². The van der Waals surface area contributed by atoms with Crippen molar-refractivity contribution in [2.75, 3.05) is 32.7 Å². The highest BCUT2D eigenvalue weighted by Crippen LogP contribution is 2.09. The lowest BCUT2D eigenvalue weighted by Gasteiger charge is -2.23. The molecule has 1 fully saturated rings. The van der Waals surface area contributed by atoms with Crippen LogP contribution in [0.25, 0.3) is 0 Å². The zero-order valence-electron chi connectivity index (χ0n) is 11.3. The van der Waals surface area contributed by atoms with E-state index < -0.39 is 5.97 Å². The minimum atomic E-state index is -0.745. The van der Waals surface area contributed by atoms with Gasteiger partial charge in [-0.2, -0.15) is 0 Å². The van der Waals surface area contributed by atoms with Crippen LogP contribution in [0.15, 0.2) is 22.8 Å². The number of hydrogen-bond donors (Lipinski definition) is 1. The van der Waals surface area contributed by atoms with Gasteiger partial charge in [0.1, 0.15) is 5.76 Å². The van der Waals surface area contributed by atoms with E-state index in [-0.39, 0.29) is 6.42 Å². The zero-order valence-corrected chi connectivity index (χ0v) is 11.3. The Morgan fingerprint density at radius 1 is 1.37 bits per heavy atom. The maximum atomic E-state index is 10.7. The normalized spacial score (nSPS) is 16.3. The van der Waals surface area contributed by atoms with E-state index in [4.69, 9.17) is 9.52 Å². The van der Waals surface area contributed by atoms with Crippen molar-refractivity contribution in [1.82, 2.24) is 9.80 Å². The van der Waals surface area contributed by atoms with Crippen LogP contribution in [0.3, 0.4) is 0 Å². The van der Waals surface area contributed by atoms with Crippen LogP contribution in [0.2, 0.25) is 0 Å². The molecule has 0 spiro atoms. The molecule has 1 aliphatic heterocycles. The molecule has 0 bridgehead atoms. The average Bonchev–Trinajstić information content (AvgIpc) is 3.05. The number of likely N-dealkylation sites (tertiary alicyclic amines) is 1. The molecule has 1 aromatic heterocycles. The van der Waals surface area contributed by atoms with Crippen LogP contribution < -0.4 is 0 Å². The van der Waals surface area contributed by atoms with Gasteiger partial charge in [0.15, 0.2) is 0 Å². The van der Waals surface area contributed by atoms with Crippen molar-refractivity contribution in [3.63, 3.8) is 0 Å². The smallest absolute Gasteiger partial charge is 0.304 e. The molecule has 2 rings (SSSR count). The Kier molecular flexibility index (Phi) is 5.42. The number of carboxylic acids is 1. The molecule has 0 radical (unpaired) electrons. The molecule has 5 nitrogen and oxygen atoms in total. The summed E-state index contributed by atoms with van der Waals surface area (Å²) in [5.74, 6) is 0.150. The molecule has 1 N–H and O–H groups in total. The van der Waals surface area contributed by atoms with Crippen LogP contribution in [0.5, 0.6) is 0 Å². The first kappa shape index (κ1) is 14.1. The van der Waals surface area contributed by atoms with E-state index in [0.717, 1.165) is 18.8 Å². The molecule has 1 aromatic rings. The second kappa shape index (κ2) is 7.31. The highest BCUT2D eigenvalue weighted by molar-refractivity contribution is 5.66. The molecule has 1 aliphatic rings. The van der Waals surface area contributed by atoms with Crippen molar-refractivity contribution in [3.8, 4) is 0 Å². The van der Waals surface area contributed by atoms with Crippen LogP contribution >= 0.6 is 0 Å². The van der Waals surface area contributed by atoms with Gasteiger partial charge < -0.3 is 14.4 Å². The maximum absolute atomic E-state index is 10.7. The fraction of sp³-hybridized carbons (Fsp3) is 0.643. The number of carbonyl (C=O) groups is 1. The minimum Gasteiger partial charge on any atom is -0.481 e. The zero-order chi connectivity index (χ0) is 13.5. The molecular weight excluding hydrogens is 244 g/mol. The van der Waals surface area contributed by atoms with E-state index in [1.54, 1.807) is 6.26 Å². The Bertz CT molecular complexity index is 372. The fourth-order valence-corrected chi connectivity index (χ4v) is 2.44. The summed E-state index contributed by atoms with van der Waals surface area (Å²) in [6.07, 6.45) is 4.41. The van der Waals surface area contributed by atoms with Crippen molar-refractivity contribution in [2.24, 2.45) is 0 Å². The van der Waals surface area contributed by atoms with E-state index in [1.165, 1.54) is 25.9 Å². The summed E-state index contributed by atoms with van der Waals surface area (Å²) < 4.78 is 5.34. The second-order valence-corrected chi connectivity index (χ2v) is 5.05. The Labute approximate surface area is 113 Å². The van der Waals surface area contributed by atoms with Crippen LogP contribution in [0.4, 0.5) is 0 Å². The van der Waals surface area contributed by atoms with E-state index in [0.29, 0.717) is 13.1 Å². The molecule has 5 heteroatoms. The lowest BCUT2D eigenvalue weighted by molar-refractivity contribution is -0.137. The molecule has 0 unspecified atom stereocenters. The molecule has 0 saturated carbocycles. The summed E-state index contributed by atoms with van der Waals surface area (Å²) in [5, 5.41) is 8.81. The van der Waals surface area contributed by atoms with Crippen molar-refractivity contribution >= 4 is 5.97 Å². The predicted octanol–water partition coefficient (Wildman–Crippen LogP) is 1.65. The van der Waals surface area contributed by atoms with Gasteiger partial charge in [-0.3, -0.25) is 9.69 Å². The molecule has 0 aromatic carbocycles. The lowest BCUT2D eigenvalue weighted by atomic mass is 10.3. The van der Waals surface area contributed by atoms with Gasteiger partial charge in [-0.05, 0) is 38.1 Å². The van der Waals surface area contributed by atoms with Crippen molar-refractivity contribution < 1.29 is 14.3 Å². The van der Waals surface area contributed by atoms with Gasteiger partial charge in [-0.1, -0.05) is 0 Å². The van der Waals surface area contributed by atoms with Gasteiger partial charge >= 0.3 is 5.97 Å². The predicted molar refractivity (Wildman–Crippen MR) is 71.9 cm³/mol. The summed E-state index contributed by atoms with van der Waals surface area (Å²) in [7, 11) is 0. The van der Waals surface area contributed by atoms with Crippen molar-refractivity contribution in [2.45, 2.75) is 25.8 Å². The van der Waals surface area contributed by atoms with Crippen LogP contribution in [0.1, 0.15) is 25.0 Å². The number of aliphatic carboxylic acids is 1. The average molecular weight is 266 g/mol. The van der Waals surface area contributed by atoms with Crippen molar-refractivity contribution in [1.29, 1.82) is 0 Å². The molecule has 106 valence electrons. The highest BCUT2D eigenvalue weighted by atomic mass is 16.4. The highest BCUT2D eigenvalue weighted by Gasteiger charge is 2.15. The number of furan rings is 1. The largest absolute Gasteiger partial charge is 0.481 e. The fourth-order valence-electron chi connectivity index (χ4n) is 2.44. The van der Waals surface area contributed by atoms with Crippen LogP contribution in [0, 0.1) is 0 Å². The number of rotatable bonds is 8. The Morgan fingerprint density at radius 3 is 2.79 bits per heavy atom. The quantitative estimate of drug-likeness (QED) is 0.775. The van der Waals surface area contributed by atoms with Gasteiger partial charge in [0.25, 0.3) is 0 Å². The third-order valence-corrected chi connectivity index (χ3v) is 3.53. The standard InChI is InChI=1S/C14H22N2O3/c17-14(18)5-8-16(12-13-4-3-11-19-13)10-9-15-6-1-2-7-15/h3-4,11H,1-2,5-10,12H2,(H,17,18). The van der Waals surface area contributed by atoms with Crippen LogP contribution in [-0.2, 0) is 11.3 Å². The minimum absolute atomic E-state index is 0.181. The third-order valence-electron chi connectivity index (χ3n) is 3.53. The maximum Gasteiger partial charge on any atom is 0.304 e. The van der Waals surface area contributed by atoms with Crippen molar-refractivity contribution in [3.05, 3.63) is 24.2 Å². The Hall–Kier alpha value is -1.33. The monoisotopic (exact) mass is 266 g/mol. The number of carboxylic acid groups (broad SMARTS) is 1. The number of hydrogen-bond acceptors (Lipinski definition) is 4. The van der Waals surface area contributed by atoms with Gasteiger partial charge in [0.05, 0.1) is 19.2 Å².